The molecule has 1 fully saturated rings. The van der Waals surface area contributed by atoms with Crippen LogP contribution in [0, 0.1) is 6.92 Å². The Kier molecular flexibility index (Phi) is 4.99. The third-order valence-corrected chi connectivity index (χ3v) is 5.53. The predicted molar refractivity (Wildman–Crippen MR) is 115 cm³/mol. The second-order valence-electron chi connectivity index (χ2n) is 7.58. The van der Waals surface area contributed by atoms with E-state index in [1.807, 2.05) is 44.4 Å². The number of nitrogens with zero attached hydrogens (tertiary/aromatic N) is 8. The molecule has 3 aromatic heterocycles. The minimum absolute atomic E-state index is 0.543. The molecular formula is C21H24N8O2. The van der Waals surface area contributed by atoms with Crippen LogP contribution in [0.25, 0.3) is 22.4 Å². The summed E-state index contributed by atoms with van der Waals surface area (Å²) in [5.74, 6) is 3.57. The smallest absolute Gasteiger partial charge is 0.241 e. The fraction of sp³-hybridized carbons (Fsp3) is 0.381. The number of anilines is 1. The van der Waals surface area contributed by atoms with E-state index in [2.05, 4.69) is 30.0 Å². The minimum atomic E-state index is 0.543. The van der Waals surface area contributed by atoms with Gasteiger partial charge in [0.1, 0.15) is 17.4 Å². The number of aromatic nitrogens is 6. The molecule has 0 atom stereocenters. The van der Waals surface area contributed by atoms with Crippen molar-refractivity contribution in [2.75, 3.05) is 38.2 Å². The van der Waals surface area contributed by atoms with E-state index in [1.54, 1.807) is 11.8 Å². The summed E-state index contributed by atoms with van der Waals surface area (Å²) in [4.78, 5) is 18.4. The Bertz CT molecular complexity index is 1210. The van der Waals surface area contributed by atoms with Crippen molar-refractivity contribution in [1.82, 2.24) is 34.8 Å². The monoisotopic (exact) mass is 420 g/mol. The number of aryl methyl sites for hydroxylation is 2. The first kappa shape index (κ1) is 19.4. The summed E-state index contributed by atoms with van der Waals surface area (Å²) in [5.41, 5.74) is 1.68. The van der Waals surface area contributed by atoms with Crippen LogP contribution < -0.4 is 9.64 Å². The molecule has 0 saturated carbocycles. The summed E-state index contributed by atoms with van der Waals surface area (Å²) in [6.45, 7) is 5.98. The number of fused-ring (bicyclic) bond motifs is 1. The number of hydrogen-bond acceptors (Lipinski definition) is 9. The first-order valence-electron chi connectivity index (χ1n) is 10.2. The van der Waals surface area contributed by atoms with Crippen LogP contribution in [0.4, 0.5) is 5.82 Å². The van der Waals surface area contributed by atoms with Gasteiger partial charge in [-0.15, -0.1) is 0 Å². The largest absolute Gasteiger partial charge is 0.496 e. The molecule has 0 bridgehead atoms. The van der Waals surface area contributed by atoms with Crippen molar-refractivity contribution >= 4 is 16.9 Å². The summed E-state index contributed by atoms with van der Waals surface area (Å²) >= 11 is 0. The molecule has 0 spiro atoms. The Morgan fingerprint density at radius 1 is 1.06 bits per heavy atom. The van der Waals surface area contributed by atoms with Gasteiger partial charge in [-0.25, -0.2) is 9.97 Å². The van der Waals surface area contributed by atoms with Gasteiger partial charge in [0.2, 0.25) is 11.7 Å². The molecule has 1 aliphatic rings. The van der Waals surface area contributed by atoms with Crippen molar-refractivity contribution in [3.8, 4) is 17.1 Å². The van der Waals surface area contributed by atoms with E-state index in [0.717, 1.165) is 60.2 Å². The molecule has 0 radical (unpaired) electrons. The number of para-hydroxylation sites is 1. The van der Waals surface area contributed by atoms with E-state index in [-0.39, 0.29) is 0 Å². The first-order chi connectivity index (χ1) is 15.1. The highest BCUT2D eigenvalue weighted by Crippen LogP contribution is 2.28. The number of ether oxygens (including phenoxy) is 1. The maximum atomic E-state index is 5.51. The zero-order chi connectivity index (χ0) is 21.4. The van der Waals surface area contributed by atoms with Gasteiger partial charge in [0.25, 0.3) is 0 Å². The van der Waals surface area contributed by atoms with E-state index in [9.17, 15) is 0 Å². The normalized spacial score (nSPS) is 15.0. The summed E-state index contributed by atoms with van der Waals surface area (Å²) in [7, 11) is 3.54. The fourth-order valence-electron chi connectivity index (χ4n) is 3.92. The second kappa shape index (κ2) is 7.95. The lowest BCUT2D eigenvalue weighted by molar-refractivity contribution is 0.215. The molecule has 5 rings (SSSR count). The Balaban J connectivity index is 1.27. The van der Waals surface area contributed by atoms with Gasteiger partial charge in [0, 0.05) is 33.2 Å². The van der Waals surface area contributed by atoms with Gasteiger partial charge in [0.05, 0.1) is 30.8 Å². The summed E-state index contributed by atoms with van der Waals surface area (Å²) in [6.07, 6.45) is 1.84. The molecule has 1 aromatic carbocycles. The molecule has 31 heavy (non-hydrogen) atoms. The highest BCUT2D eigenvalue weighted by atomic mass is 16.5. The molecule has 10 heteroatoms. The third-order valence-electron chi connectivity index (χ3n) is 5.53. The fourth-order valence-corrected chi connectivity index (χ4v) is 3.92. The molecule has 0 unspecified atom stereocenters. The van der Waals surface area contributed by atoms with E-state index in [0.29, 0.717) is 18.3 Å². The maximum Gasteiger partial charge on any atom is 0.241 e. The van der Waals surface area contributed by atoms with Crippen molar-refractivity contribution in [2.24, 2.45) is 7.05 Å². The van der Waals surface area contributed by atoms with Gasteiger partial charge in [-0.05, 0) is 19.1 Å². The van der Waals surface area contributed by atoms with Crippen LogP contribution in [-0.4, -0.2) is 68.1 Å². The number of benzene rings is 1. The van der Waals surface area contributed by atoms with E-state index in [4.69, 9.17) is 14.2 Å². The minimum Gasteiger partial charge on any atom is -0.496 e. The lowest BCUT2D eigenvalue weighted by Crippen LogP contribution is -2.46. The Morgan fingerprint density at radius 2 is 1.87 bits per heavy atom. The van der Waals surface area contributed by atoms with Gasteiger partial charge in [0.15, 0.2) is 5.65 Å². The van der Waals surface area contributed by atoms with Crippen LogP contribution in [0.3, 0.4) is 0 Å². The highest BCUT2D eigenvalue weighted by molar-refractivity contribution is 5.87. The van der Waals surface area contributed by atoms with Crippen molar-refractivity contribution in [2.45, 2.75) is 13.5 Å². The van der Waals surface area contributed by atoms with Gasteiger partial charge >= 0.3 is 0 Å². The molecule has 4 heterocycles. The number of rotatable bonds is 5. The van der Waals surface area contributed by atoms with E-state index >= 15 is 0 Å². The van der Waals surface area contributed by atoms with Crippen LogP contribution in [0.1, 0.15) is 11.7 Å². The average Bonchev–Trinajstić information content (AvgIpc) is 3.41. The lowest BCUT2D eigenvalue weighted by atomic mass is 10.2. The molecule has 10 nitrogen and oxygen atoms in total. The topological polar surface area (TPSA) is 98.2 Å². The number of methoxy groups -OCH3 is 1. The van der Waals surface area contributed by atoms with Crippen LogP contribution in [0.5, 0.6) is 5.75 Å². The Labute approximate surface area is 179 Å². The maximum absolute atomic E-state index is 5.51. The van der Waals surface area contributed by atoms with Crippen LogP contribution >= 0.6 is 0 Å². The van der Waals surface area contributed by atoms with Crippen LogP contribution in [0.2, 0.25) is 0 Å². The SMILES string of the molecule is COc1ccccc1-c1noc(CN2CCN(c3nc(C)nc4c3cnn4C)CC2)n1. The molecular weight excluding hydrogens is 396 g/mol. The zero-order valence-electron chi connectivity index (χ0n) is 17.8. The first-order valence-corrected chi connectivity index (χ1v) is 10.2. The Hall–Kier alpha value is -3.53. The van der Waals surface area contributed by atoms with Crippen LogP contribution in [0.15, 0.2) is 35.0 Å². The summed E-state index contributed by atoms with van der Waals surface area (Å²) < 4.78 is 12.7. The molecule has 0 aliphatic carbocycles. The van der Waals surface area contributed by atoms with Crippen LogP contribution in [-0.2, 0) is 13.6 Å². The zero-order valence-corrected chi connectivity index (χ0v) is 17.8. The van der Waals surface area contributed by atoms with Gasteiger partial charge in [-0.3, -0.25) is 9.58 Å². The van der Waals surface area contributed by atoms with E-state index < -0.39 is 0 Å². The molecule has 1 saturated heterocycles. The number of piperazine rings is 1. The molecule has 0 amide bonds. The molecule has 160 valence electrons. The van der Waals surface area contributed by atoms with Crippen molar-refractivity contribution < 1.29 is 9.26 Å². The molecule has 1 aliphatic heterocycles. The standard InChI is InChI=1S/C21H24N8O2/c1-14-23-20-16(12-22-27(20)2)21(24-14)29-10-8-28(9-11-29)13-18-25-19(26-31-18)15-6-4-5-7-17(15)30-3/h4-7,12H,8-11,13H2,1-3H3. The molecule has 4 aromatic rings. The van der Waals surface area contributed by atoms with Crippen molar-refractivity contribution in [1.29, 1.82) is 0 Å². The van der Waals surface area contributed by atoms with E-state index in [1.165, 1.54) is 0 Å². The average molecular weight is 420 g/mol. The lowest BCUT2D eigenvalue weighted by Gasteiger charge is -2.34. The summed E-state index contributed by atoms with van der Waals surface area (Å²) in [5, 5.41) is 9.47. The van der Waals surface area contributed by atoms with Gasteiger partial charge in [-0.2, -0.15) is 10.1 Å². The quantitative estimate of drug-likeness (QED) is 0.480. The van der Waals surface area contributed by atoms with Crippen molar-refractivity contribution in [3.63, 3.8) is 0 Å². The molecule has 0 N–H and O–H groups in total. The van der Waals surface area contributed by atoms with Gasteiger partial charge < -0.3 is 14.2 Å². The number of hydrogen-bond donors (Lipinski definition) is 0. The predicted octanol–water partition coefficient (Wildman–Crippen LogP) is 2.05. The highest BCUT2D eigenvalue weighted by Gasteiger charge is 2.23. The second-order valence-corrected chi connectivity index (χ2v) is 7.58. The summed E-state index contributed by atoms with van der Waals surface area (Å²) in [6, 6.07) is 7.66. The third kappa shape index (κ3) is 3.70. The van der Waals surface area contributed by atoms with Crippen molar-refractivity contribution in [3.05, 3.63) is 42.2 Å². The Morgan fingerprint density at radius 3 is 2.68 bits per heavy atom. The van der Waals surface area contributed by atoms with Gasteiger partial charge in [-0.1, -0.05) is 17.3 Å².